The van der Waals surface area contributed by atoms with Crippen LogP contribution in [0.5, 0.6) is 0 Å². The van der Waals surface area contributed by atoms with Crippen molar-refractivity contribution in [3.05, 3.63) is 53.7 Å². The first-order valence-electron chi connectivity index (χ1n) is 6.48. The molecule has 0 fully saturated rings. The van der Waals surface area contributed by atoms with Crippen LogP contribution < -0.4 is 5.32 Å². The standard InChI is InChI=1S/C14H8F4N4O2/c15-10-8(2-1-3-9(10)14(16,17)18)12(23)20-13-19-11(21-22-13)7-4-5-24-6-7/h1-6H,(H2,19,20,21,22,23). The summed E-state index contributed by atoms with van der Waals surface area (Å²) in [6.07, 6.45) is -2.13. The highest BCUT2D eigenvalue weighted by Gasteiger charge is 2.35. The van der Waals surface area contributed by atoms with E-state index >= 15 is 0 Å². The molecule has 3 aromatic rings. The maximum absolute atomic E-state index is 13.9. The fourth-order valence-electron chi connectivity index (χ4n) is 1.94. The van der Waals surface area contributed by atoms with Crippen LogP contribution in [0.1, 0.15) is 15.9 Å². The number of amides is 1. The Hall–Kier alpha value is -3.17. The Morgan fingerprint density at radius 1 is 1.25 bits per heavy atom. The number of furan rings is 1. The average Bonchev–Trinajstić information content (AvgIpc) is 3.16. The zero-order valence-corrected chi connectivity index (χ0v) is 11.7. The van der Waals surface area contributed by atoms with Crippen LogP contribution in [0.15, 0.2) is 41.2 Å². The lowest BCUT2D eigenvalue weighted by molar-refractivity contribution is -0.140. The molecule has 0 aliphatic carbocycles. The van der Waals surface area contributed by atoms with Gasteiger partial charge in [-0.3, -0.25) is 15.2 Å². The third-order valence-electron chi connectivity index (χ3n) is 3.05. The molecule has 3 rings (SSSR count). The minimum atomic E-state index is -4.90. The smallest absolute Gasteiger partial charge is 0.419 e. The van der Waals surface area contributed by atoms with Crippen LogP contribution in [0.4, 0.5) is 23.5 Å². The van der Waals surface area contributed by atoms with Gasteiger partial charge in [0.1, 0.15) is 12.1 Å². The summed E-state index contributed by atoms with van der Waals surface area (Å²) in [5.74, 6) is -2.71. The van der Waals surface area contributed by atoms with Crippen LogP contribution in [0.3, 0.4) is 0 Å². The molecular formula is C14H8F4N4O2. The van der Waals surface area contributed by atoms with Gasteiger partial charge in [-0.25, -0.2) is 4.39 Å². The number of carbonyl (C=O) groups excluding carboxylic acids is 1. The van der Waals surface area contributed by atoms with Crippen LogP contribution in [-0.2, 0) is 6.18 Å². The van der Waals surface area contributed by atoms with E-state index in [0.29, 0.717) is 11.6 Å². The molecule has 2 heterocycles. The molecule has 0 atom stereocenters. The number of nitrogens with one attached hydrogen (secondary N) is 2. The van der Waals surface area contributed by atoms with Crippen molar-refractivity contribution in [2.24, 2.45) is 0 Å². The lowest BCUT2D eigenvalue weighted by Crippen LogP contribution is -2.18. The highest BCUT2D eigenvalue weighted by molar-refractivity contribution is 6.03. The lowest BCUT2D eigenvalue weighted by Gasteiger charge is -2.10. The van der Waals surface area contributed by atoms with Crippen molar-refractivity contribution in [2.75, 3.05) is 5.32 Å². The first-order valence-corrected chi connectivity index (χ1v) is 6.48. The Labute approximate surface area is 131 Å². The minimum absolute atomic E-state index is 0.215. The van der Waals surface area contributed by atoms with Crippen LogP contribution in [0.2, 0.25) is 0 Å². The zero-order chi connectivity index (χ0) is 17.3. The van der Waals surface area contributed by atoms with Crippen molar-refractivity contribution >= 4 is 11.9 Å². The van der Waals surface area contributed by atoms with Crippen LogP contribution in [0, 0.1) is 5.82 Å². The number of nitrogens with zero attached hydrogens (tertiary/aromatic N) is 2. The Morgan fingerprint density at radius 3 is 2.71 bits per heavy atom. The van der Waals surface area contributed by atoms with Gasteiger partial charge < -0.3 is 4.42 Å². The Bertz CT molecular complexity index is 871. The predicted octanol–water partition coefficient (Wildman–Crippen LogP) is 3.47. The van der Waals surface area contributed by atoms with E-state index in [4.69, 9.17) is 4.42 Å². The molecule has 0 unspecified atom stereocenters. The van der Waals surface area contributed by atoms with Gasteiger partial charge in [-0.15, -0.1) is 5.10 Å². The number of benzene rings is 1. The number of halogens is 4. The van der Waals surface area contributed by atoms with Crippen molar-refractivity contribution in [2.45, 2.75) is 6.18 Å². The van der Waals surface area contributed by atoms with Gasteiger partial charge in [-0.1, -0.05) is 6.07 Å². The first-order chi connectivity index (χ1) is 11.4. The number of alkyl halides is 3. The SMILES string of the molecule is O=C(Nc1n[nH]c(-c2ccoc2)n1)c1cccc(C(F)(F)F)c1F. The molecule has 0 aliphatic rings. The number of rotatable bonds is 3. The second-order valence-electron chi connectivity index (χ2n) is 4.64. The number of hydrogen-bond acceptors (Lipinski definition) is 4. The summed E-state index contributed by atoms with van der Waals surface area (Å²) in [5, 5.41) is 8.32. The Balaban J connectivity index is 1.83. The summed E-state index contributed by atoms with van der Waals surface area (Å²) < 4.78 is 56.8. The van der Waals surface area contributed by atoms with Crippen molar-refractivity contribution in [3.63, 3.8) is 0 Å². The van der Waals surface area contributed by atoms with Gasteiger partial charge in [0, 0.05) is 0 Å². The molecule has 0 saturated heterocycles. The van der Waals surface area contributed by atoms with E-state index in [1.807, 2.05) is 0 Å². The largest absolute Gasteiger partial charge is 0.472 e. The van der Waals surface area contributed by atoms with E-state index in [1.165, 1.54) is 12.5 Å². The maximum Gasteiger partial charge on any atom is 0.419 e. The summed E-state index contributed by atoms with van der Waals surface area (Å²) in [5.41, 5.74) is -1.74. The molecule has 0 aliphatic heterocycles. The third-order valence-corrected chi connectivity index (χ3v) is 3.05. The van der Waals surface area contributed by atoms with Gasteiger partial charge in [0.2, 0.25) is 5.95 Å². The van der Waals surface area contributed by atoms with Crippen LogP contribution in [0.25, 0.3) is 11.4 Å². The van der Waals surface area contributed by atoms with Crippen molar-refractivity contribution in [3.8, 4) is 11.4 Å². The zero-order valence-electron chi connectivity index (χ0n) is 11.7. The summed E-state index contributed by atoms with van der Waals surface area (Å²) >= 11 is 0. The highest BCUT2D eigenvalue weighted by Crippen LogP contribution is 2.32. The topological polar surface area (TPSA) is 83.8 Å². The molecule has 10 heteroatoms. The fourth-order valence-corrected chi connectivity index (χ4v) is 1.94. The van der Waals surface area contributed by atoms with Gasteiger partial charge in [0.25, 0.3) is 5.91 Å². The van der Waals surface area contributed by atoms with Crippen LogP contribution in [-0.4, -0.2) is 21.1 Å². The summed E-state index contributed by atoms with van der Waals surface area (Å²) in [6.45, 7) is 0. The number of aromatic amines is 1. The Morgan fingerprint density at radius 2 is 2.04 bits per heavy atom. The van der Waals surface area contributed by atoms with E-state index in [1.54, 1.807) is 6.07 Å². The van der Waals surface area contributed by atoms with E-state index < -0.39 is 29.0 Å². The molecule has 24 heavy (non-hydrogen) atoms. The number of hydrogen-bond donors (Lipinski definition) is 2. The maximum atomic E-state index is 13.9. The monoisotopic (exact) mass is 340 g/mol. The van der Waals surface area contributed by atoms with Gasteiger partial charge >= 0.3 is 6.18 Å². The molecule has 0 spiro atoms. The molecule has 124 valence electrons. The first kappa shape index (κ1) is 15.7. The number of H-pyrrole nitrogens is 1. The molecule has 2 N–H and O–H groups in total. The van der Waals surface area contributed by atoms with Gasteiger partial charge in [0.15, 0.2) is 5.82 Å². The predicted molar refractivity (Wildman–Crippen MR) is 73.4 cm³/mol. The number of anilines is 1. The summed E-state index contributed by atoms with van der Waals surface area (Å²) in [4.78, 5) is 15.9. The van der Waals surface area contributed by atoms with E-state index in [2.05, 4.69) is 20.5 Å². The van der Waals surface area contributed by atoms with E-state index in [0.717, 1.165) is 12.1 Å². The molecule has 6 nitrogen and oxygen atoms in total. The van der Waals surface area contributed by atoms with Gasteiger partial charge in [-0.05, 0) is 18.2 Å². The number of aromatic nitrogens is 3. The normalized spacial score (nSPS) is 11.5. The third kappa shape index (κ3) is 2.98. The van der Waals surface area contributed by atoms with Crippen molar-refractivity contribution < 1.29 is 26.8 Å². The molecule has 0 saturated carbocycles. The molecule has 0 bridgehead atoms. The summed E-state index contributed by atoms with van der Waals surface area (Å²) in [6, 6.07) is 4.01. The van der Waals surface area contributed by atoms with Gasteiger partial charge in [-0.2, -0.15) is 18.2 Å². The lowest BCUT2D eigenvalue weighted by atomic mass is 10.1. The molecule has 0 radical (unpaired) electrons. The summed E-state index contributed by atoms with van der Waals surface area (Å²) in [7, 11) is 0. The van der Waals surface area contributed by atoms with E-state index in [-0.39, 0.29) is 11.8 Å². The van der Waals surface area contributed by atoms with E-state index in [9.17, 15) is 22.4 Å². The quantitative estimate of drug-likeness (QED) is 0.715. The molecular weight excluding hydrogens is 332 g/mol. The Kier molecular flexibility index (Phi) is 3.80. The second kappa shape index (κ2) is 5.80. The fraction of sp³-hybridized carbons (Fsp3) is 0.0714. The molecule has 1 amide bonds. The molecule has 1 aromatic carbocycles. The average molecular weight is 340 g/mol. The molecule has 2 aromatic heterocycles. The van der Waals surface area contributed by atoms with Crippen molar-refractivity contribution in [1.29, 1.82) is 0 Å². The van der Waals surface area contributed by atoms with Crippen molar-refractivity contribution in [1.82, 2.24) is 15.2 Å². The second-order valence-corrected chi connectivity index (χ2v) is 4.64. The number of carbonyl (C=O) groups is 1. The highest BCUT2D eigenvalue weighted by atomic mass is 19.4. The van der Waals surface area contributed by atoms with Crippen LogP contribution >= 0.6 is 0 Å². The minimum Gasteiger partial charge on any atom is -0.472 e. The van der Waals surface area contributed by atoms with Gasteiger partial charge in [0.05, 0.1) is 23.0 Å².